The third-order valence-corrected chi connectivity index (χ3v) is 5.14. The molecule has 2 bridgehead atoms. The van der Waals surface area contributed by atoms with Gasteiger partial charge in [-0.25, -0.2) is 0 Å². The molecular weight excluding hydrogens is 236 g/mol. The summed E-state index contributed by atoms with van der Waals surface area (Å²) in [5.41, 5.74) is 5.64. The van der Waals surface area contributed by atoms with Crippen molar-refractivity contribution in [3.8, 4) is 0 Å². The van der Waals surface area contributed by atoms with Crippen LogP contribution in [0, 0.1) is 17.8 Å². The highest BCUT2D eigenvalue weighted by Crippen LogP contribution is 2.44. The Morgan fingerprint density at radius 2 is 2.11 bits per heavy atom. The van der Waals surface area contributed by atoms with E-state index in [1.807, 2.05) is 0 Å². The van der Waals surface area contributed by atoms with Crippen LogP contribution >= 0.6 is 0 Å². The van der Waals surface area contributed by atoms with Crippen molar-refractivity contribution >= 4 is 5.91 Å². The predicted octanol–water partition coefficient (Wildman–Crippen LogP) is 2.84. The number of nitrogens with one attached hydrogen (secondary N) is 1. The van der Waals surface area contributed by atoms with E-state index in [4.69, 9.17) is 5.73 Å². The van der Waals surface area contributed by atoms with Crippen LogP contribution in [0.25, 0.3) is 0 Å². The third kappa shape index (κ3) is 4.20. The van der Waals surface area contributed by atoms with Gasteiger partial charge in [-0.2, -0.15) is 0 Å². The van der Waals surface area contributed by atoms with Crippen molar-refractivity contribution in [3.05, 3.63) is 0 Å². The predicted molar refractivity (Wildman–Crippen MR) is 78.7 cm³/mol. The van der Waals surface area contributed by atoms with E-state index >= 15 is 0 Å². The molecule has 3 heteroatoms. The Balaban J connectivity index is 1.66. The molecule has 0 radical (unpaired) electrons. The maximum atomic E-state index is 12.0. The van der Waals surface area contributed by atoms with Gasteiger partial charge < -0.3 is 11.1 Å². The van der Waals surface area contributed by atoms with Crippen molar-refractivity contribution in [2.45, 2.75) is 70.8 Å². The maximum absolute atomic E-state index is 12.0. The fourth-order valence-corrected chi connectivity index (χ4v) is 4.11. The Morgan fingerprint density at radius 1 is 1.26 bits per heavy atom. The van der Waals surface area contributed by atoms with E-state index in [2.05, 4.69) is 12.2 Å². The summed E-state index contributed by atoms with van der Waals surface area (Å²) in [4.78, 5) is 12.0. The van der Waals surface area contributed by atoms with Crippen molar-refractivity contribution < 1.29 is 4.79 Å². The average Bonchev–Trinajstić information content (AvgIpc) is 2.99. The first-order valence-electron chi connectivity index (χ1n) is 8.22. The van der Waals surface area contributed by atoms with Gasteiger partial charge in [-0.1, -0.05) is 26.2 Å². The molecule has 2 aliphatic carbocycles. The quantitative estimate of drug-likeness (QED) is 0.710. The third-order valence-electron chi connectivity index (χ3n) is 5.14. The van der Waals surface area contributed by atoms with Gasteiger partial charge in [0.25, 0.3) is 0 Å². The summed E-state index contributed by atoms with van der Waals surface area (Å²) in [7, 11) is 0. The summed E-state index contributed by atoms with van der Waals surface area (Å²) in [5.74, 6) is 2.60. The largest absolute Gasteiger partial charge is 0.353 e. The Bertz CT molecular complexity index is 286. The van der Waals surface area contributed by atoms with E-state index in [1.54, 1.807) is 0 Å². The van der Waals surface area contributed by atoms with Gasteiger partial charge in [0.15, 0.2) is 0 Å². The smallest absolute Gasteiger partial charge is 0.220 e. The Labute approximate surface area is 117 Å². The van der Waals surface area contributed by atoms with Gasteiger partial charge in [0.2, 0.25) is 5.91 Å². The van der Waals surface area contributed by atoms with Crippen LogP contribution in [0.1, 0.15) is 64.7 Å². The number of hydrogen-bond donors (Lipinski definition) is 2. The normalized spacial score (nSPS) is 30.5. The summed E-state index contributed by atoms with van der Waals surface area (Å²) in [5, 5.41) is 3.28. The SMILES string of the molecule is CCCC(CCN)CCC(=O)NC1CC2CCC1C2. The maximum Gasteiger partial charge on any atom is 0.220 e. The molecule has 2 saturated carbocycles. The zero-order chi connectivity index (χ0) is 13.7. The molecule has 0 spiro atoms. The van der Waals surface area contributed by atoms with Crippen molar-refractivity contribution in [3.63, 3.8) is 0 Å². The average molecular weight is 266 g/mol. The monoisotopic (exact) mass is 266 g/mol. The van der Waals surface area contributed by atoms with Crippen LogP contribution in [-0.2, 0) is 4.79 Å². The fourth-order valence-electron chi connectivity index (χ4n) is 4.11. The molecule has 2 aliphatic rings. The van der Waals surface area contributed by atoms with Crippen LogP contribution in [0.15, 0.2) is 0 Å². The Morgan fingerprint density at radius 3 is 2.68 bits per heavy atom. The highest BCUT2D eigenvalue weighted by atomic mass is 16.1. The second kappa shape index (κ2) is 7.28. The molecule has 0 heterocycles. The molecule has 2 rings (SSSR count). The van der Waals surface area contributed by atoms with Gasteiger partial charge in [-0.3, -0.25) is 4.79 Å². The van der Waals surface area contributed by atoms with Crippen LogP contribution in [-0.4, -0.2) is 18.5 Å². The molecule has 0 aromatic heterocycles. The minimum absolute atomic E-state index is 0.274. The number of fused-ring (bicyclic) bond motifs is 2. The zero-order valence-corrected chi connectivity index (χ0v) is 12.4. The van der Waals surface area contributed by atoms with Crippen molar-refractivity contribution in [2.24, 2.45) is 23.5 Å². The first kappa shape index (κ1) is 14.8. The lowest BCUT2D eigenvalue weighted by Crippen LogP contribution is -2.38. The van der Waals surface area contributed by atoms with Crippen LogP contribution < -0.4 is 11.1 Å². The van der Waals surface area contributed by atoms with Crippen LogP contribution in [0.3, 0.4) is 0 Å². The fraction of sp³-hybridized carbons (Fsp3) is 0.938. The first-order chi connectivity index (χ1) is 9.22. The molecule has 110 valence electrons. The van der Waals surface area contributed by atoms with E-state index < -0.39 is 0 Å². The number of amides is 1. The molecule has 0 aliphatic heterocycles. The number of carbonyl (C=O) groups is 1. The van der Waals surface area contributed by atoms with Crippen molar-refractivity contribution in [1.82, 2.24) is 5.32 Å². The number of nitrogens with two attached hydrogens (primary N) is 1. The summed E-state index contributed by atoms with van der Waals surface area (Å²) in [6.45, 7) is 2.96. The second-order valence-electron chi connectivity index (χ2n) is 6.62. The van der Waals surface area contributed by atoms with Crippen LogP contribution in [0.2, 0.25) is 0 Å². The molecule has 0 aromatic rings. The summed E-state index contributed by atoms with van der Waals surface area (Å²) in [6, 6.07) is 0.491. The second-order valence-corrected chi connectivity index (χ2v) is 6.62. The standard InChI is InChI=1S/C16H30N2O/c1-2-3-12(8-9-17)5-7-16(19)18-15-11-13-4-6-14(15)10-13/h12-15H,2-11,17H2,1H3,(H,18,19). The number of carbonyl (C=O) groups excluding carboxylic acids is 1. The zero-order valence-electron chi connectivity index (χ0n) is 12.4. The van der Waals surface area contributed by atoms with Crippen molar-refractivity contribution in [1.29, 1.82) is 0 Å². The lowest BCUT2D eigenvalue weighted by Gasteiger charge is -2.23. The molecule has 1 amide bonds. The minimum atomic E-state index is 0.274. The van der Waals surface area contributed by atoms with Gasteiger partial charge in [0.05, 0.1) is 0 Å². The van der Waals surface area contributed by atoms with Crippen LogP contribution in [0.4, 0.5) is 0 Å². The summed E-state index contributed by atoms with van der Waals surface area (Å²) >= 11 is 0. The van der Waals surface area contributed by atoms with E-state index in [-0.39, 0.29) is 5.91 Å². The van der Waals surface area contributed by atoms with Crippen molar-refractivity contribution in [2.75, 3.05) is 6.54 Å². The molecule has 4 atom stereocenters. The summed E-state index contributed by atoms with van der Waals surface area (Å²) < 4.78 is 0. The van der Waals surface area contributed by atoms with Gasteiger partial charge in [0, 0.05) is 12.5 Å². The lowest BCUT2D eigenvalue weighted by atomic mass is 9.93. The molecule has 3 N–H and O–H groups in total. The van der Waals surface area contributed by atoms with E-state index in [0.717, 1.165) is 31.2 Å². The van der Waals surface area contributed by atoms with E-state index in [1.165, 1.54) is 38.5 Å². The van der Waals surface area contributed by atoms with Gasteiger partial charge in [-0.05, 0) is 56.4 Å². The molecule has 2 fully saturated rings. The van der Waals surface area contributed by atoms with Crippen LogP contribution in [0.5, 0.6) is 0 Å². The first-order valence-corrected chi connectivity index (χ1v) is 8.22. The van der Waals surface area contributed by atoms with E-state index in [9.17, 15) is 4.79 Å². The molecular formula is C16H30N2O. The summed E-state index contributed by atoms with van der Waals surface area (Å²) in [6.07, 6.45) is 10.5. The van der Waals surface area contributed by atoms with E-state index in [0.29, 0.717) is 18.4 Å². The molecule has 0 aromatic carbocycles. The van der Waals surface area contributed by atoms with Gasteiger partial charge in [-0.15, -0.1) is 0 Å². The number of rotatable bonds is 8. The minimum Gasteiger partial charge on any atom is -0.353 e. The molecule has 3 nitrogen and oxygen atoms in total. The topological polar surface area (TPSA) is 55.1 Å². The molecule has 19 heavy (non-hydrogen) atoms. The Kier molecular flexibility index (Phi) is 5.68. The molecule has 0 saturated heterocycles. The lowest BCUT2D eigenvalue weighted by molar-refractivity contribution is -0.122. The highest BCUT2D eigenvalue weighted by molar-refractivity contribution is 5.76. The Hall–Kier alpha value is -0.570. The van der Waals surface area contributed by atoms with Gasteiger partial charge in [0.1, 0.15) is 0 Å². The highest BCUT2D eigenvalue weighted by Gasteiger charge is 2.39. The molecule has 4 unspecified atom stereocenters. The van der Waals surface area contributed by atoms with Gasteiger partial charge >= 0.3 is 0 Å². The number of hydrogen-bond acceptors (Lipinski definition) is 2.